The molecule has 0 heterocycles. The second-order valence-electron chi connectivity index (χ2n) is 1.28. The predicted molar refractivity (Wildman–Crippen MR) is 34.0 cm³/mol. The molecule has 0 spiro atoms. The number of hydrazine groups is 1. The van der Waals surface area contributed by atoms with Crippen LogP contribution >= 0.6 is 12.4 Å². The van der Waals surface area contributed by atoms with Crippen molar-refractivity contribution in [1.29, 1.82) is 0 Å². The molecule has 0 radical (unpaired) electrons. The van der Waals surface area contributed by atoms with Gasteiger partial charge in [0.2, 0.25) is 10.0 Å². The van der Waals surface area contributed by atoms with Crippen molar-refractivity contribution in [3.05, 3.63) is 0 Å². The van der Waals surface area contributed by atoms with Crippen molar-refractivity contribution < 1.29 is 8.42 Å². The summed E-state index contributed by atoms with van der Waals surface area (Å²) in [4.78, 5) is 0. The average Bonchev–Trinajstić information content (AvgIpc) is 1.31. The molecule has 0 aliphatic heterocycles. The summed E-state index contributed by atoms with van der Waals surface area (Å²) < 4.78 is 20.9. The Hall–Kier alpha value is 0.160. The van der Waals surface area contributed by atoms with Crippen molar-refractivity contribution in [3.8, 4) is 0 Å². The third-order valence-corrected chi connectivity index (χ3v) is 1.57. The normalized spacial score (nSPS) is 11.0. The highest BCUT2D eigenvalue weighted by Gasteiger charge is 2.01. The largest absolute Gasteiger partial charge is 0.255 e. The van der Waals surface area contributed by atoms with Gasteiger partial charge in [0, 0.05) is 7.05 Å². The summed E-state index contributed by atoms with van der Waals surface area (Å²) in [7, 11) is -1.86. The molecule has 0 bridgehead atoms. The second kappa shape index (κ2) is 3.24. The third kappa shape index (κ3) is 4.32. The van der Waals surface area contributed by atoms with E-state index in [-0.39, 0.29) is 12.4 Å². The molecule has 0 aliphatic rings. The van der Waals surface area contributed by atoms with Gasteiger partial charge in [0.1, 0.15) is 0 Å². The van der Waals surface area contributed by atoms with Crippen LogP contribution in [-0.2, 0) is 10.0 Å². The van der Waals surface area contributed by atoms with Crippen molar-refractivity contribution in [3.63, 3.8) is 0 Å². The maximum atomic E-state index is 10.1. The molecular weight excluding hydrogens is 152 g/mol. The van der Waals surface area contributed by atoms with Gasteiger partial charge in [-0.25, -0.2) is 8.42 Å². The van der Waals surface area contributed by atoms with Gasteiger partial charge in [-0.1, -0.05) is 0 Å². The lowest BCUT2D eigenvalue weighted by atomic mass is 11.5. The van der Waals surface area contributed by atoms with Gasteiger partial charge in [-0.3, -0.25) is 5.84 Å². The summed E-state index contributed by atoms with van der Waals surface area (Å²) in [5.41, 5.74) is 0. The van der Waals surface area contributed by atoms with Gasteiger partial charge in [-0.05, 0) is 0 Å². The van der Waals surface area contributed by atoms with Crippen LogP contribution < -0.4 is 5.84 Å². The highest BCUT2D eigenvalue weighted by molar-refractivity contribution is 7.88. The summed E-state index contributed by atoms with van der Waals surface area (Å²) >= 11 is 0. The first-order valence-corrected chi connectivity index (χ1v) is 3.48. The van der Waals surface area contributed by atoms with Crippen LogP contribution in [0.5, 0.6) is 0 Å². The Kier molecular flexibility index (Phi) is 4.46. The van der Waals surface area contributed by atoms with E-state index in [0.29, 0.717) is 4.41 Å². The molecule has 0 atom stereocenters. The van der Waals surface area contributed by atoms with Crippen molar-refractivity contribution in [2.45, 2.75) is 0 Å². The molecule has 0 saturated carbocycles. The summed E-state index contributed by atoms with van der Waals surface area (Å²) in [6.45, 7) is 0. The molecule has 2 N–H and O–H groups in total. The topological polar surface area (TPSA) is 63.4 Å². The Balaban J connectivity index is 0. The first kappa shape index (κ1) is 11.0. The fraction of sp³-hybridized carbons (Fsp3) is 1.00. The Labute approximate surface area is 55.1 Å². The predicted octanol–water partition coefficient (Wildman–Crippen LogP) is -0.827. The fourth-order valence-corrected chi connectivity index (χ4v) is 0. The summed E-state index contributed by atoms with van der Waals surface area (Å²) in [5.74, 6) is 4.81. The van der Waals surface area contributed by atoms with Gasteiger partial charge >= 0.3 is 0 Å². The van der Waals surface area contributed by atoms with Crippen LogP contribution in [-0.4, -0.2) is 26.1 Å². The molecule has 0 saturated heterocycles. The summed E-state index contributed by atoms with van der Waals surface area (Å²) in [5, 5.41) is 0. The molecule has 6 heteroatoms. The van der Waals surface area contributed by atoms with Crippen molar-refractivity contribution in [2.75, 3.05) is 13.3 Å². The van der Waals surface area contributed by atoms with E-state index in [1.54, 1.807) is 0 Å². The van der Waals surface area contributed by atoms with E-state index < -0.39 is 10.0 Å². The van der Waals surface area contributed by atoms with Gasteiger partial charge < -0.3 is 0 Å². The maximum Gasteiger partial charge on any atom is 0.223 e. The smallest absolute Gasteiger partial charge is 0.223 e. The molecule has 0 fully saturated rings. The van der Waals surface area contributed by atoms with Gasteiger partial charge in [-0.2, -0.15) is 0 Å². The lowest BCUT2D eigenvalue weighted by Crippen LogP contribution is -2.31. The monoisotopic (exact) mass is 160 g/mol. The van der Waals surface area contributed by atoms with Crippen LogP contribution in [0.15, 0.2) is 0 Å². The van der Waals surface area contributed by atoms with Crippen molar-refractivity contribution in [1.82, 2.24) is 4.41 Å². The molecule has 0 amide bonds. The van der Waals surface area contributed by atoms with Crippen LogP contribution in [0.25, 0.3) is 0 Å². The molecule has 0 aromatic rings. The third-order valence-electron chi connectivity index (χ3n) is 0.523. The molecule has 0 aromatic carbocycles. The molecule has 0 unspecified atom stereocenters. The van der Waals surface area contributed by atoms with E-state index in [2.05, 4.69) is 0 Å². The molecule has 0 aromatic heterocycles. The maximum absolute atomic E-state index is 10.1. The Morgan fingerprint density at radius 3 is 1.62 bits per heavy atom. The zero-order valence-corrected chi connectivity index (χ0v) is 6.29. The standard InChI is InChI=1S/C2H8N2O2S.ClH/c1-4(3)7(2,5)6;/h3H2,1-2H3;1H. The Bertz CT molecular complexity index is 140. The second-order valence-corrected chi connectivity index (χ2v) is 3.32. The number of hydrogen-bond donors (Lipinski definition) is 1. The number of nitrogens with zero attached hydrogens (tertiary/aromatic N) is 1. The van der Waals surface area contributed by atoms with E-state index in [9.17, 15) is 8.42 Å². The van der Waals surface area contributed by atoms with Gasteiger partial charge in [0.15, 0.2) is 0 Å². The van der Waals surface area contributed by atoms with Crippen LogP contribution in [0.4, 0.5) is 0 Å². The summed E-state index contributed by atoms with van der Waals surface area (Å²) in [6, 6.07) is 0. The number of nitrogens with two attached hydrogens (primary N) is 1. The van der Waals surface area contributed by atoms with E-state index in [1.807, 2.05) is 0 Å². The highest BCUT2D eigenvalue weighted by Crippen LogP contribution is 1.78. The zero-order valence-electron chi connectivity index (χ0n) is 4.66. The van der Waals surface area contributed by atoms with Gasteiger partial charge in [-0.15, -0.1) is 16.8 Å². The fourth-order valence-electron chi connectivity index (χ4n) is 0. The first-order chi connectivity index (χ1) is 2.94. The molecule has 0 aliphatic carbocycles. The van der Waals surface area contributed by atoms with Crippen LogP contribution in [0.1, 0.15) is 0 Å². The molecular formula is C2H9ClN2O2S. The quantitative estimate of drug-likeness (QED) is 0.403. The number of rotatable bonds is 1. The molecule has 52 valence electrons. The minimum atomic E-state index is -3.13. The van der Waals surface area contributed by atoms with Crippen LogP contribution in [0, 0.1) is 0 Å². The van der Waals surface area contributed by atoms with Crippen LogP contribution in [0.2, 0.25) is 0 Å². The Morgan fingerprint density at radius 1 is 1.50 bits per heavy atom. The lowest BCUT2D eigenvalue weighted by Gasteiger charge is -2.02. The lowest BCUT2D eigenvalue weighted by molar-refractivity contribution is 0.492. The number of hydrogen-bond acceptors (Lipinski definition) is 3. The number of sulfonamides is 1. The van der Waals surface area contributed by atoms with E-state index in [4.69, 9.17) is 5.84 Å². The molecule has 0 rings (SSSR count). The number of halogens is 1. The first-order valence-electron chi connectivity index (χ1n) is 1.63. The molecule has 4 nitrogen and oxygen atoms in total. The minimum absolute atomic E-state index is 0. The van der Waals surface area contributed by atoms with Gasteiger partial charge in [0.05, 0.1) is 6.26 Å². The summed E-state index contributed by atoms with van der Waals surface area (Å²) in [6.07, 6.45) is 1.03. The Morgan fingerprint density at radius 2 is 1.62 bits per heavy atom. The molecule has 8 heavy (non-hydrogen) atoms. The average molecular weight is 161 g/mol. The van der Waals surface area contributed by atoms with E-state index in [1.165, 1.54) is 7.05 Å². The highest BCUT2D eigenvalue weighted by atomic mass is 35.5. The zero-order chi connectivity index (χ0) is 6.08. The van der Waals surface area contributed by atoms with Gasteiger partial charge in [0.25, 0.3) is 0 Å². The van der Waals surface area contributed by atoms with E-state index in [0.717, 1.165) is 6.26 Å². The minimum Gasteiger partial charge on any atom is -0.255 e. The van der Waals surface area contributed by atoms with E-state index >= 15 is 0 Å². The van der Waals surface area contributed by atoms with Crippen molar-refractivity contribution >= 4 is 22.4 Å². The van der Waals surface area contributed by atoms with Crippen LogP contribution in [0.3, 0.4) is 0 Å². The van der Waals surface area contributed by atoms with Crippen molar-refractivity contribution in [2.24, 2.45) is 5.84 Å². The SMILES string of the molecule is CN(N)S(C)(=O)=O.Cl.